The lowest BCUT2D eigenvalue weighted by Gasteiger charge is -2.31. The molecule has 0 saturated carbocycles. The Morgan fingerprint density at radius 2 is 2.08 bits per heavy atom. The van der Waals surface area contributed by atoms with Gasteiger partial charge in [0.25, 0.3) is 0 Å². The molecule has 8 heteroatoms. The number of nitrogens with one attached hydrogen (secondary N) is 3. The number of urea groups is 1. The maximum Gasteiger partial charge on any atom is 0.317 e. The van der Waals surface area contributed by atoms with E-state index in [0.717, 1.165) is 49.6 Å². The zero-order valence-corrected chi connectivity index (χ0v) is 15.3. The molecule has 2 aromatic heterocycles. The van der Waals surface area contributed by atoms with Crippen molar-refractivity contribution in [2.45, 2.75) is 64.3 Å². The Hall–Kier alpha value is -2.38. The minimum Gasteiger partial charge on any atom is -0.332 e. The lowest BCUT2D eigenvalue weighted by Crippen LogP contribution is -2.45. The van der Waals surface area contributed by atoms with E-state index in [2.05, 4.69) is 30.7 Å². The Kier molecular flexibility index (Phi) is 4.90. The molecule has 0 radical (unpaired) electrons. The fraction of sp³-hybridized carbons (Fsp3) is 0.667. The third kappa shape index (κ3) is 3.59. The van der Waals surface area contributed by atoms with Crippen molar-refractivity contribution in [1.82, 2.24) is 35.6 Å². The van der Waals surface area contributed by atoms with Crippen LogP contribution in [0, 0.1) is 6.92 Å². The number of amides is 2. The van der Waals surface area contributed by atoms with E-state index in [0.29, 0.717) is 13.1 Å². The second kappa shape index (κ2) is 7.47. The number of likely N-dealkylation sites (tertiary alicyclic amines) is 1. The lowest BCUT2D eigenvalue weighted by atomic mass is 9.98. The highest BCUT2D eigenvalue weighted by Gasteiger charge is 2.27. The SMILES string of the molecule is Cc1nc([C@@H]2CCCN(C(=O)NCc3n[nH]c4c3CCCCC4)C2)n[nH]1. The Morgan fingerprint density at radius 1 is 1.19 bits per heavy atom. The summed E-state index contributed by atoms with van der Waals surface area (Å²) in [5.41, 5.74) is 3.56. The van der Waals surface area contributed by atoms with Gasteiger partial charge < -0.3 is 10.2 Å². The Labute approximate surface area is 153 Å². The summed E-state index contributed by atoms with van der Waals surface area (Å²) in [6, 6.07) is -0.0210. The summed E-state index contributed by atoms with van der Waals surface area (Å²) in [6.45, 7) is 3.84. The molecule has 1 aliphatic heterocycles. The predicted molar refractivity (Wildman–Crippen MR) is 96.8 cm³/mol. The lowest BCUT2D eigenvalue weighted by molar-refractivity contribution is 0.178. The third-order valence-electron chi connectivity index (χ3n) is 5.49. The van der Waals surface area contributed by atoms with Crippen molar-refractivity contribution in [2.24, 2.45) is 0 Å². The van der Waals surface area contributed by atoms with Crippen LogP contribution in [0.3, 0.4) is 0 Å². The summed E-state index contributed by atoms with van der Waals surface area (Å²) in [6.07, 6.45) is 7.82. The first-order valence-electron chi connectivity index (χ1n) is 9.67. The first kappa shape index (κ1) is 17.1. The number of H-pyrrole nitrogens is 2. The Bertz CT molecular complexity index is 765. The first-order valence-corrected chi connectivity index (χ1v) is 9.67. The average Bonchev–Trinajstić information content (AvgIpc) is 3.19. The Morgan fingerprint density at radius 3 is 2.92 bits per heavy atom. The van der Waals surface area contributed by atoms with Crippen molar-refractivity contribution < 1.29 is 4.79 Å². The van der Waals surface area contributed by atoms with Gasteiger partial charge in [-0.05, 0) is 51.0 Å². The van der Waals surface area contributed by atoms with Crippen molar-refractivity contribution in [3.8, 4) is 0 Å². The fourth-order valence-corrected chi connectivity index (χ4v) is 4.06. The van der Waals surface area contributed by atoms with Crippen LogP contribution in [0.4, 0.5) is 4.79 Å². The summed E-state index contributed by atoms with van der Waals surface area (Å²) in [7, 11) is 0. The van der Waals surface area contributed by atoms with E-state index in [4.69, 9.17) is 0 Å². The zero-order valence-electron chi connectivity index (χ0n) is 15.3. The maximum absolute atomic E-state index is 12.6. The van der Waals surface area contributed by atoms with Crippen LogP contribution in [0.1, 0.15) is 66.6 Å². The summed E-state index contributed by atoms with van der Waals surface area (Å²) in [5.74, 6) is 1.85. The number of fused-ring (bicyclic) bond motifs is 1. The largest absolute Gasteiger partial charge is 0.332 e. The number of nitrogens with zero attached hydrogens (tertiary/aromatic N) is 4. The van der Waals surface area contributed by atoms with Gasteiger partial charge in [0, 0.05) is 24.7 Å². The number of carbonyl (C=O) groups is 1. The van der Waals surface area contributed by atoms with Gasteiger partial charge in [0.15, 0.2) is 5.82 Å². The molecule has 0 aromatic carbocycles. The molecular formula is C18H27N7O. The van der Waals surface area contributed by atoms with Crippen LogP contribution in [0.2, 0.25) is 0 Å². The minimum absolute atomic E-state index is 0.0210. The van der Waals surface area contributed by atoms with Crippen molar-refractivity contribution in [1.29, 1.82) is 0 Å². The molecule has 3 heterocycles. The van der Waals surface area contributed by atoms with Gasteiger partial charge in [-0.3, -0.25) is 10.2 Å². The van der Waals surface area contributed by atoms with Gasteiger partial charge in [-0.2, -0.15) is 10.2 Å². The van der Waals surface area contributed by atoms with Crippen LogP contribution in [-0.2, 0) is 19.4 Å². The van der Waals surface area contributed by atoms with Crippen molar-refractivity contribution in [3.63, 3.8) is 0 Å². The normalized spacial score (nSPS) is 20.5. The van der Waals surface area contributed by atoms with E-state index in [1.807, 2.05) is 11.8 Å². The molecule has 140 valence electrons. The number of rotatable bonds is 3. The number of hydrogen-bond donors (Lipinski definition) is 3. The van der Waals surface area contributed by atoms with Gasteiger partial charge in [0.05, 0.1) is 12.2 Å². The number of carbonyl (C=O) groups excluding carboxylic acids is 1. The number of aromatic amines is 2. The molecule has 0 unspecified atom stereocenters. The predicted octanol–water partition coefficient (Wildman–Crippen LogP) is 2.19. The average molecular weight is 357 g/mol. The highest BCUT2D eigenvalue weighted by molar-refractivity contribution is 5.74. The molecule has 2 amide bonds. The van der Waals surface area contributed by atoms with Gasteiger partial charge in [-0.25, -0.2) is 9.78 Å². The van der Waals surface area contributed by atoms with Crippen LogP contribution in [0.15, 0.2) is 0 Å². The fourth-order valence-electron chi connectivity index (χ4n) is 4.06. The second-order valence-electron chi connectivity index (χ2n) is 7.41. The van der Waals surface area contributed by atoms with Crippen LogP contribution in [-0.4, -0.2) is 49.4 Å². The van der Waals surface area contributed by atoms with E-state index in [1.165, 1.54) is 30.5 Å². The summed E-state index contributed by atoms with van der Waals surface area (Å²) >= 11 is 0. The van der Waals surface area contributed by atoms with E-state index >= 15 is 0 Å². The number of hydrogen-bond acceptors (Lipinski definition) is 4. The van der Waals surface area contributed by atoms with E-state index < -0.39 is 0 Å². The molecule has 1 aliphatic carbocycles. The van der Waals surface area contributed by atoms with Gasteiger partial charge in [0.1, 0.15) is 5.82 Å². The van der Waals surface area contributed by atoms with Crippen LogP contribution >= 0.6 is 0 Å². The smallest absolute Gasteiger partial charge is 0.317 e. The topological polar surface area (TPSA) is 103 Å². The van der Waals surface area contributed by atoms with Crippen LogP contribution < -0.4 is 5.32 Å². The molecule has 2 aromatic rings. The first-order chi connectivity index (χ1) is 12.7. The van der Waals surface area contributed by atoms with E-state index in [-0.39, 0.29) is 11.9 Å². The molecule has 0 spiro atoms. The van der Waals surface area contributed by atoms with Crippen molar-refractivity contribution >= 4 is 6.03 Å². The molecule has 26 heavy (non-hydrogen) atoms. The zero-order chi connectivity index (χ0) is 17.9. The number of piperidine rings is 1. The number of aryl methyl sites for hydroxylation is 2. The van der Waals surface area contributed by atoms with Gasteiger partial charge in [-0.1, -0.05) is 6.42 Å². The molecule has 1 fully saturated rings. The van der Waals surface area contributed by atoms with E-state index in [1.54, 1.807) is 0 Å². The monoisotopic (exact) mass is 357 g/mol. The van der Waals surface area contributed by atoms with E-state index in [9.17, 15) is 4.79 Å². The maximum atomic E-state index is 12.6. The third-order valence-corrected chi connectivity index (χ3v) is 5.49. The quantitative estimate of drug-likeness (QED) is 0.733. The molecule has 3 N–H and O–H groups in total. The van der Waals surface area contributed by atoms with Crippen molar-refractivity contribution in [2.75, 3.05) is 13.1 Å². The highest BCUT2D eigenvalue weighted by Crippen LogP contribution is 2.25. The molecule has 4 rings (SSSR count). The molecule has 2 aliphatic rings. The standard InChI is InChI=1S/C18H27N7O/c1-12-20-17(24-21-12)13-6-5-9-25(11-13)18(26)19-10-16-14-7-3-2-4-8-15(14)22-23-16/h13H,2-11H2,1H3,(H,19,26)(H,22,23)(H,20,21,24)/t13-/m1/s1. The van der Waals surface area contributed by atoms with Crippen LogP contribution in [0.5, 0.6) is 0 Å². The molecule has 1 atom stereocenters. The van der Waals surface area contributed by atoms with Gasteiger partial charge in [0.2, 0.25) is 0 Å². The summed E-state index contributed by atoms with van der Waals surface area (Å²) in [5, 5.41) is 17.8. The Balaban J connectivity index is 1.35. The van der Waals surface area contributed by atoms with Crippen molar-refractivity contribution in [3.05, 3.63) is 28.6 Å². The molecular weight excluding hydrogens is 330 g/mol. The van der Waals surface area contributed by atoms with Gasteiger partial charge in [-0.15, -0.1) is 0 Å². The number of aromatic nitrogens is 5. The van der Waals surface area contributed by atoms with Gasteiger partial charge >= 0.3 is 6.03 Å². The highest BCUT2D eigenvalue weighted by atomic mass is 16.2. The molecule has 1 saturated heterocycles. The second-order valence-corrected chi connectivity index (χ2v) is 7.41. The minimum atomic E-state index is -0.0210. The summed E-state index contributed by atoms with van der Waals surface area (Å²) < 4.78 is 0. The molecule has 8 nitrogen and oxygen atoms in total. The molecule has 0 bridgehead atoms. The summed E-state index contributed by atoms with van der Waals surface area (Å²) in [4.78, 5) is 19.0. The van der Waals surface area contributed by atoms with Crippen LogP contribution in [0.25, 0.3) is 0 Å².